The minimum atomic E-state index is 0.0554. The summed E-state index contributed by atoms with van der Waals surface area (Å²) < 4.78 is 6.14. The van der Waals surface area contributed by atoms with Crippen LogP contribution in [0.1, 0.15) is 43.7 Å². The molecule has 3 aromatic carbocycles. The molecule has 2 saturated carbocycles. The monoisotopic (exact) mass is 412 g/mol. The van der Waals surface area contributed by atoms with Crippen LogP contribution in [0.5, 0.6) is 5.75 Å². The van der Waals surface area contributed by atoms with Crippen LogP contribution < -0.4 is 10.2 Å². The van der Waals surface area contributed by atoms with Crippen LogP contribution in [0.25, 0.3) is 10.8 Å². The van der Waals surface area contributed by atoms with Crippen molar-refractivity contribution in [1.29, 1.82) is 0 Å². The number of rotatable bonds is 6. The molecule has 4 nitrogen and oxygen atoms in total. The maximum Gasteiger partial charge on any atom is 0.244 e. The maximum absolute atomic E-state index is 12.6. The molecule has 1 N–H and O–H groups in total. The number of nitrogens with zero attached hydrogens (tertiary/aromatic N) is 1. The zero-order chi connectivity index (χ0) is 21.3. The van der Waals surface area contributed by atoms with Gasteiger partial charge in [0.2, 0.25) is 5.91 Å². The third-order valence-electron chi connectivity index (χ3n) is 7.17. The molecule has 2 aliphatic carbocycles. The third kappa shape index (κ3) is 3.83. The van der Waals surface area contributed by atoms with Gasteiger partial charge in [-0.2, -0.15) is 5.10 Å². The zero-order valence-electron chi connectivity index (χ0n) is 17.9. The van der Waals surface area contributed by atoms with Gasteiger partial charge in [-0.1, -0.05) is 74.4 Å². The van der Waals surface area contributed by atoms with Crippen molar-refractivity contribution in [3.63, 3.8) is 0 Å². The van der Waals surface area contributed by atoms with Crippen molar-refractivity contribution in [2.24, 2.45) is 22.4 Å². The number of carbonyl (C=O) groups excluding carboxylic acids is 1. The molecule has 3 aromatic rings. The molecule has 0 bridgehead atoms. The second-order valence-electron chi connectivity index (χ2n) is 9.03. The molecule has 0 unspecified atom stereocenters. The molecule has 31 heavy (non-hydrogen) atoms. The van der Waals surface area contributed by atoms with E-state index in [-0.39, 0.29) is 17.2 Å². The molecule has 3 atom stereocenters. The van der Waals surface area contributed by atoms with Crippen LogP contribution in [0.4, 0.5) is 0 Å². The van der Waals surface area contributed by atoms with E-state index in [0.29, 0.717) is 12.5 Å². The van der Waals surface area contributed by atoms with Crippen molar-refractivity contribution >= 4 is 22.9 Å². The first-order chi connectivity index (χ1) is 15.2. The number of ether oxygens (including phenoxy) is 1. The van der Waals surface area contributed by atoms with E-state index in [9.17, 15) is 4.79 Å². The lowest BCUT2D eigenvalue weighted by Crippen LogP contribution is -2.22. The van der Waals surface area contributed by atoms with E-state index in [0.717, 1.165) is 23.3 Å². The summed E-state index contributed by atoms with van der Waals surface area (Å²) >= 11 is 0. The van der Waals surface area contributed by atoms with E-state index < -0.39 is 0 Å². The second-order valence-corrected chi connectivity index (χ2v) is 9.03. The van der Waals surface area contributed by atoms with Gasteiger partial charge in [0.05, 0.1) is 6.21 Å². The van der Waals surface area contributed by atoms with Crippen LogP contribution >= 0.6 is 0 Å². The van der Waals surface area contributed by atoms with Crippen LogP contribution in [0.3, 0.4) is 0 Å². The summed E-state index contributed by atoms with van der Waals surface area (Å²) in [7, 11) is 0. The Kier molecular flexibility index (Phi) is 5.23. The Morgan fingerprint density at radius 1 is 1.10 bits per heavy atom. The molecule has 0 radical (unpaired) electrons. The number of nitrogens with one attached hydrogen (secondary N) is 1. The Balaban J connectivity index is 1.25. The Labute approximate surface area is 183 Å². The molecule has 5 rings (SSSR count). The van der Waals surface area contributed by atoms with E-state index in [1.165, 1.54) is 30.0 Å². The predicted molar refractivity (Wildman–Crippen MR) is 124 cm³/mol. The molecule has 0 spiro atoms. The normalized spacial score (nSPS) is 24.7. The number of hydrogen-bond donors (Lipinski definition) is 1. The number of carbonyl (C=O) groups is 1. The average molecular weight is 413 g/mol. The minimum absolute atomic E-state index is 0.0554. The smallest absolute Gasteiger partial charge is 0.244 e. The van der Waals surface area contributed by atoms with Crippen molar-refractivity contribution < 1.29 is 9.53 Å². The van der Waals surface area contributed by atoms with Crippen molar-refractivity contribution in [3.8, 4) is 5.75 Å². The first-order valence-corrected chi connectivity index (χ1v) is 11.2. The van der Waals surface area contributed by atoms with Crippen molar-refractivity contribution in [2.45, 2.75) is 39.2 Å². The summed E-state index contributed by atoms with van der Waals surface area (Å²) in [5.41, 5.74) is 4.96. The number of hydrogen-bond acceptors (Lipinski definition) is 3. The lowest BCUT2D eigenvalue weighted by molar-refractivity contribution is -0.123. The van der Waals surface area contributed by atoms with Crippen LogP contribution in [0, 0.1) is 17.3 Å². The zero-order valence-corrected chi connectivity index (χ0v) is 17.9. The number of amides is 1. The molecule has 0 saturated heterocycles. The van der Waals surface area contributed by atoms with Gasteiger partial charge in [-0.05, 0) is 52.6 Å². The van der Waals surface area contributed by atoms with Crippen molar-refractivity contribution in [3.05, 3.63) is 77.9 Å². The van der Waals surface area contributed by atoms with E-state index in [1.54, 1.807) is 6.21 Å². The highest BCUT2D eigenvalue weighted by Gasteiger charge is 2.64. The highest BCUT2D eigenvalue weighted by Crippen LogP contribution is 2.66. The number of benzene rings is 3. The molecule has 2 fully saturated rings. The molecule has 0 aliphatic heterocycles. The summed E-state index contributed by atoms with van der Waals surface area (Å²) in [4.78, 5) is 12.6. The van der Waals surface area contributed by atoms with Gasteiger partial charge >= 0.3 is 0 Å². The molecular weight excluding hydrogens is 384 g/mol. The Morgan fingerprint density at radius 3 is 2.77 bits per heavy atom. The van der Waals surface area contributed by atoms with Gasteiger partial charge in [-0.15, -0.1) is 0 Å². The van der Waals surface area contributed by atoms with Crippen LogP contribution in [0.15, 0.2) is 71.8 Å². The van der Waals surface area contributed by atoms with Gasteiger partial charge in [0.15, 0.2) is 0 Å². The van der Waals surface area contributed by atoms with Crippen molar-refractivity contribution in [1.82, 2.24) is 5.43 Å². The van der Waals surface area contributed by atoms with Crippen LogP contribution in [0.2, 0.25) is 0 Å². The first kappa shape index (κ1) is 19.8. The topological polar surface area (TPSA) is 50.7 Å². The van der Waals surface area contributed by atoms with Gasteiger partial charge in [0.25, 0.3) is 0 Å². The molecule has 158 valence electrons. The predicted octanol–water partition coefficient (Wildman–Crippen LogP) is 5.70. The SMILES string of the molecule is C[C@]12CCCC[C@H]1[C@@H]2C(=O)N/N=C\c1ccccc1OCc1cccc2ccccc12. The molecule has 0 aromatic heterocycles. The Bertz CT molecular complexity index is 1130. The molecular formula is C27H28N2O2. The summed E-state index contributed by atoms with van der Waals surface area (Å²) in [5.74, 6) is 1.46. The van der Waals surface area contributed by atoms with E-state index >= 15 is 0 Å². The largest absolute Gasteiger partial charge is 0.488 e. The Hall–Kier alpha value is -3.14. The summed E-state index contributed by atoms with van der Waals surface area (Å²) in [6.07, 6.45) is 6.49. The standard InChI is InChI=1S/C27H28N2O2/c1-27-16-7-6-14-23(27)25(27)26(30)29-28-17-20-10-3-5-15-24(20)31-18-21-12-8-11-19-9-2-4-13-22(19)21/h2-5,8-13,15,17,23,25H,6-7,14,16,18H2,1H3,(H,29,30)/b28-17-/t23-,25+,27-/m0/s1. The van der Waals surface area contributed by atoms with Gasteiger partial charge in [-0.3, -0.25) is 4.79 Å². The first-order valence-electron chi connectivity index (χ1n) is 11.2. The van der Waals surface area contributed by atoms with E-state index in [4.69, 9.17) is 4.74 Å². The summed E-state index contributed by atoms with van der Waals surface area (Å²) in [6, 6.07) is 22.4. The lowest BCUT2D eigenvalue weighted by Gasteiger charge is -2.15. The fourth-order valence-corrected chi connectivity index (χ4v) is 5.38. The third-order valence-corrected chi connectivity index (χ3v) is 7.17. The maximum atomic E-state index is 12.6. The molecule has 0 heterocycles. The number of fused-ring (bicyclic) bond motifs is 2. The van der Waals surface area contributed by atoms with Gasteiger partial charge in [-0.25, -0.2) is 5.43 Å². The van der Waals surface area contributed by atoms with Gasteiger partial charge < -0.3 is 4.74 Å². The van der Waals surface area contributed by atoms with Gasteiger partial charge in [0.1, 0.15) is 12.4 Å². The quantitative estimate of drug-likeness (QED) is 0.417. The average Bonchev–Trinajstić information content (AvgIpc) is 3.44. The summed E-state index contributed by atoms with van der Waals surface area (Å²) in [5, 5.41) is 6.65. The molecule has 2 aliphatic rings. The van der Waals surface area contributed by atoms with Crippen LogP contribution in [-0.2, 0) is 11.4 Å². The van der Waals surface area contributed by atoms with Crippen molar-refractivity contribution in [2.75, 3.05) is 0 Å². The summed E-state index contributed by atoms with van der Waals surface area (Å²) in [6.45, 7) is 2.72. The highest BCUT2D eigenvalue weighted by molar-refractivity contribution is 5.87. The highest BCUT2D eigenvalue weighted by atomic mass is 16.5. The molecule has 4 heteroatoms. The van der Waals surface area contributed by atoms with Crippen LogP contribution in [-0.4, -0.2) is 12.1 Å². The second kappa shape index (κ2) is 8.18. The lowest BCUT2D eigenvalue weighted by atomic mass is 9.90. The van der Waals surface area contributed by atoms with E-state index in [2.05, 4.69) is 47.8 Å². The minimum Gasteiger partial charge on any atom is -0.488 e. The molecule has 1 amide bonds. The number of hydrazone groups is 1. The fourth-order valence-electron chi connectivity index (χ4n) is 5.38. The van der Waals surface area contributed by atoms with E-state index in [1.807, 2.05) is 36.4 Å². The fraction of sp³-hybridized carbons (Fsp3) is 0.333. The Morgan fingerprint density at radius 2 is 1.90 bits per heavy atom. The number of para-hydroxylation sites is 1. The van der Waals surface area contributed by atoms with Gasteiger partial charge in [0, 0.05) is 11.5 Å².